The summed E-state index contributed by atoms with van der Waals surface area (Å²) in [6.45, 7) is 1.77. The van der Waals surface area contributed by atoms with E-state index in [-0.39, 0.29) is 0 Å². The van der Waals surface area contributed by atoms with Crippen molar-refractivity contribution in [2.24, 2.45) is 0 Å². The normalized spacial score (nSPS) is 10.6. The molecular weight excluding hydrogens is 336 g/mol. The Bertz CT molecular complexity index is 279. The number of imidazole rings is 1. The second kappa shape index (κ2) is 9.05. The highest BCUT2D eigenvalue weighted by atomic mass is 79.9. The summed E-state index contributed by atoms with van der Waals surface area (Å²) in [5.74, 6) is 0.744. The molecule has 0 radical (unpaired) electrons. The molecule has 0 aliphatic heterocycles. The zero-order chi connectivity index (χ0) is 11.6. The van der Waals surface area contributed by atoms with Gasteiger partial charge in [-0.15, -0.1) is 0 Å². The number of rotatable bonds is 9. The third kappa shape index (κ3) is 5.89. The number of hydrogen-bond acceptors (Lipinski definition) is 2. The number of aromatic nitrogens is 2. The van der Waals surface area contributed by atoms with Gasteiger partial charge in [0.2, 0.25) is 5.88 Å². The molecule has 1 heterocycles. The number of ether oxygens (including phenoxy) is 1. The van der Waals surface area contributed by atoms with Crippen molar-refractivity contribution in [1.29, 1.82) is 0 Å². The van der Waals surface area contributed by atoms with E-state index < -0.39 is 0 Å². The lowest BCUT2D eigenvalue weighted by Gasteiger charge is -2.01. The van der Waals surface area contributed by atoms with Crippen LogP contribution >= 0.6 is 31.9 Å². The first-order chi connectivity index (χ1) is 7.86. The average Bonchev–Trinajstić information content (AvgIpc) is 2.73. The number of halogens is 2. The highest BCUT2D eigenvalue weighted by Gasteiger charge is 1.99. The zero-order valence-corrected chi connectivity index (χ0v) is 12.5. The van der Waals surface area contributed by atoms with Crippen molar-refractivity contribution in [1.82, 2.24) is 9.55 Å². The Balaban J connectivity index is 2.17. The fourth-order valence-corrected chi connectivity index (χ4v) is 2.09. The lowest BCUT2D eigenvalue weighted by Crippen LogP contribution is -1.98. The Morgan fingerprint density at radius 3 is 2.62 bits per heavy atom. The molecule has 0 aliphatic carbocycles. The van der Waals surface area contributed by atoms with E-state index in [4.69, 9.17) is 4.74 Å². The molecule has 3 nitrogen and oxygen atoms in total. The fourth-order valence-electron chi connectivity index (χ4n) is 1.30. The Hall–Kier alpha value is -0.0300. The Morgan fingerprint density at radius 2 is 1.88 bits per heavy atom. The SMILES string of the molecule is BrCCCCOc1cn(CCCCBr)cn1. The van der Waals surface area contributed by atoms with Crippen molar-refractivity contribution in [3.05, 3.63) is 12.5 Å². The van der Waals surface area contributed by atoms with Crippen molar-refractivity contribution in [2.75, 3.05) is 17.3 Å². The van der Waals surface area contributed by atoms with E-state index in [1.54, 1.807) is 0 Å². The first kappa shape index (κ1) is 14.0. The molecule has 0 unspecified atom stereocenters. The van der Waals surface area contributed by atoms with Gasteiger partial charge in [-0.05, 0) is 25.7 Å². The summed E-state index contributed by atoms with van der Waals surface area (Å²) < 4.78 is 7.62. The van der Waals surface area contributed by atoms with Crippen molar-refractivity contribution in [3.8, 4) is 5.88 Å². The van der Waals surface area contributed by atoms with E-state index in [2.05, 4.69) is 41.4 Å². The molecule has 0 fully saturated rings. The van der Waals surface area contributed by atoms with E-state index in [9.17, 15) is 0 Å². The molecule has 0 amide bonds. The van der Waals surface area contributed by atoms with Gasteiger partial charge >= 0.3 is 0 Å². The second-order valence-electron chi connectivity index (χ2n) is 3.59. The van der Waals surface area contributed by atoms with Gasteiger partial charge in [-0.25, -0.2) is 4.98 Å². The van der Waals surface area contributed by atoms with Crippen molar-refractivity contribution < 1.29 is 4.74 Å². The summed E-state index contributed by atoms with van der Waals surface area (Å²) in [4.78, 5) is 4.21. The number of aryl methyl sites for hydroxylation is 1. The number of hydrogen-bond donors (Lipinski definition) is 0. The van der Waals surface area contributed by atoms with E-state index in [1.165, 1.54) is 12.8 Å². The van der Waals surface area contributed by atoms with Crippen LogP contribution < -0.4 is 4.74 Å². The Labute approximate surface area is 114 Å². The van der Waals surface area contributed by atoms with Gasteiger partial charge in [-0.2, -0.15) is 0 Å². The quantitative estimate of drug-likeness (QED) is 0.501. The van der Waals surface area contributed by atoms with Gasteiger partial charge in [-0.3, -0.25) is 0 Å². The molecule has 0 saturated heterocycles. The molecule has 0 aromatic carbocycles. The minimum absolute atomic E-state index is 0.744. The van der Waals surface area contributed by atoms with Crippen LogP contribution in [0.4, 0.5) is 0 Å². The highest BCUT2D eigenvalue weighted by molar-refractivity contribution is 9.09. The number of alkyl halides is 2. The lowest BCUT2D eigenvalue weighted by molar-refractivity contribution is 0.299. The van der Waals surface area contributed by atoms with Crippen LogP contribution in [-0.2, 0) is 6.54 Å². The minimum atomic E-state index is 0.744. The average molecular weight is 354 g/mol. The molecule has 1 aromatic rings. The molecule has 0 saturated carbocycles. The molecule has 0 spiro atoms. The topological polar surface area (TPSA) is 27.1 Å². The summed E-state index contributed by atoms with van der Waals surface area (Å²) in [6, 6.07) is 0. The van der Waals surface area contributed by atoms with E-state index in [0.717, 1.165) is 42.5 Å². The van der Waals surface area contributed by atoms with E-state index >= 15 is 0 Å². The van der Waals surface area contributed by atoms with Gasteiger partial charge in [0.15, 0.2) is 0 Å². The van der Waals surface area contributed by atoms with Crippen molar-refractivity contribution >= 4 is 31.9 Å². The predicted octanol–water partition coefficient (Wildman–Crippen LogP) is 3.61. The van der Waals surface area contributed by atoms with Crippen molar-refractivity contribution in [3.63, 3.8) is 0 Å². The molecule has 1 aromatic heterocycles. The maximum absolute atomic E-state index is 5.53. The van der Waals surface area contributed by atoms with Gasteiger partial charge in [-0.1, -0.05) is 31.9 Å². The standard InChI is InChI=1S/C11H18Br2N2O/c12-5-1-3-7-15-9-11(14-10-15)16-8-4-2-6-13/h9-10H,1-8H2. The third-order valence-corrected chi connectivity index (χ3v) is 3.31. The van der Waals surface area contributed by atoms with Gasteiger partial charge in [0.05, 0.1) is 19.1 Å². The summed E-state index contributed by atoms with van der Waals surface area (Å²) in [6.07, 6.45) is 8.40. The largest absolute Gasteiger partial charge is 0.477 e. The zero-order valence-electron chi connectivity index (χ0n) is 9.37. The highest BCUT2D eigenvalue weighted by Crippen LogP contribution is 2.08. The molecule has 0 aliphatic rings. The minimum Gasteiger partial charge on any atom is -0.477 e. The maximum atomic E-state index is 5.53. The summed E-state index contributed by atoms with van der Waals surface area (Å²) in [7, 11) is 0. The summed E-state index contributed by atoms with van der Waals surface area (Å²) in [5.41, 5.74) is 0. The molecule has 92 valence electrons. The van der Waals surface area contributed by atoms with E-state index in [1.807, 2.05) is 12.5 Å². The number of nitrogens with zero attached hydrogens (tertiary/aromatic N) is 2. The van der Waals surface area contributed by atoms with Crippen LogP contribution in [0, 0.1) is 0 Å². The molecule has 5 heteroatoms. The van der Waals surface area contributed by atoms with Gasteiger partial charge in [0.25, 0.3) is 0 Å². The van der Waals surface area contributed by atoms with Crippen molar-refractivity contribution in [2.45, 2.75) is 32.2 Å². The summed E-state index contributed by atoms with van der Waals surface area (Å²) in [5, 5.41) is 2.11. The van der Waals surface area contributed by atoms with Gasteiger partial charge in [0, 0.05) is 17.2 Å². The molecule has 0 atom stereocenters. The summed E-state index contributed by atoms with van der Waals surface area (Å²) >= 11 is 6.82. The number of unbranched alkanes of at least 4 members (excludes halogenated alkanes) is 2. The second-order valence-corrected chi connectivity index (χ2v) is 5.18. The molecule has 0 bridgehead atoms. The third-order valence-electron chi connectivity index (χ3n) is 2.19. The van der Waals surface area contributed by atoms with Gasteiger partial charge in [0.1, 0.15) is 0 Å². The molecule has 1 rings (SSSR count). The molecular formula is C11H18Br2N2O. The van der Waals surface area contributed by atoms with Crippen LogP contribution in [0.2, 0.25) is 0 Å². The lowest BCUT2D eigenvalue weighted by atomic mass is 10.3. The Morgan fingerprint density at radius 1 is 1.12 bits per heavy atom. The van der Waals surface area contributed by atoms with E-state index in [0.29, 0.717) is 0 Å². The monoisotopic (exact) mass is 352 g/mol. The van der Waals surface area contributed by atoms with Crippen LogP contribution in [-0.4, -0.2) is 26.8 Å². The smallest absolute Gasteiger partial charge is 0.231 e. The fraction of sp³-hybridized carbons (Fsp3) is 0.727. The molecule has 0 N–H and O–H groups in total. The van der Waals surface area contributed by atoms with Crippen LogP contribution in [0.1, 0.15) is 25.7 Å². The first-order valence-electron chi connectivity index (χ1n) is 5.63. The first-order valence-corrected chi connectivity index (χ1v) is 7.87. The van der Waals surface area contributed by atoms with Crippen LogP contribution in [0.5, 0.6) is 5.88 Å². The predicted molar refractivity (Wildman–Crippen MR) is 73.8 cm³/mol. The van der Waals surface area contributed by atoms with Crippen LogP contribution in [0.3, 0.4) is 0 Å². The van der Waals surface area contributed by atoms with Gasteiger partial charge < -0.3 is 9.30 Å². The Kier molecular flexibility index (Phi) is 7.93. The van der Waals surface area contributed by atoms with Crippen LogP contribution in [0.15, 0.2) is 12.5 Å². The molecule has 16 heavy (non-hydrogen) atoms. The maximum Gasteiger partial charge on any atom is 0.231 e. The van der Waals surface area contributed by atoms with Crippen LogP contribution in [0.25, 0.3) is 0 Å².